The van der Waals surface area contributed by atoms with Crippen LogP contribution in [0.1, 0.15) is 0 Å². The second kappa shape index (κ2) is 5.77. The molecular weight excluding hydrogens is 356 g/mol. The third-order valence-electron chi connectivity index (χ3n) is 3.34. The third kappa shape index (κ3) is 2.66. The highest BCUT2D eigenvalue weighted by Gasteiger charge is 2.10. The summed E-state index contributed by atoms with van der Waals surface area (Å²) in [5.74, 6) is 1.39. The van der Waals surface area contributed by atoms with Gasteiger partial charge in [0.15, 0.2) is 17.3 Å². The van der Waals surface area contributed by atoms with Gasteiger partial charge in [-0.3, -0.25) is 4.98 Å². The lowest BCUT2D eigenvalue weighted by Gasteiger charge is -2.08. The summed E-state index contributed by atoms with van der Waals surface area (Å²) in [5.41, 5.74) is 2.55. The van der Waals surface area contributed by atoms with Crippen LogP contribution in [0.4, 0.5) is 11.5 Å². The molecule has 0 amide bonds. The number of para-hydroxylation sites is 1. The lowest BCUT2D eigenvalue weighted by molar-refractivity contribution is 0.941. The molecule has 3 heterocycles. The molecule has 23 heavy (non-hydrogen) atoms. The maximum atomic E-state index is 4.59. The highest BCUT2D eigenvalue weighted by molar-refractivity contribution is 9.10. The van der Waals surface area contributed by atoms with E-state index in [1.807, 2.05) is 48.5 Å². The summed E-state index contributed by atoms with van der Waals surface area (Å²) >= 11 is 3.52. The van der Waals surface area contributed by atoms with Crippen LogP contribution < -0.4 is 5.32 Å². The fourth-order valence-corrected chi connectivity index (χ4v) is 2.62. The lowest BCUT2D eigenvalue weighted by atomic mass is 10.2. The highest BCUT2D eigenvalue weighted by atomic mass is 79.9. The first-order chi connectivity index (χ1) is 11.3. The Morgan fingerprint density at radius 3 is 2.57 bits per heavy atom. The first-order valence-electron chi connectivity index (χ1n) is 6.96. The van der Waals surface area contributed by atoms with Gasteiger partial charge in [-0.05, 0) is 52.3 Å². The van der Waals surface area contributed by atoms with Crippen molar-refractivity contribution < 1.29 is 0 Å². The third-order valence-corrected chi connectivity index (χ3v) is 4.03. The molecule has 112 valence electrons. The molecule has 0 saturated carbocycles. The molecule has 1 aromatic carbocycles. The van der Waals surface area contributed by atoms with E-state index in [1.165, 1.54) is 0 Å². The fraction of sp³-hybridized carbons (Fsp3) is 0. The number of rotatable bonds is 3. The van der Waals surface area contributed by atoms with Crippen molar-refractivity contribution in [2.75, 3.05) is 5.32 Å². The van der Waals surface area contributed by atoms with Gasteiger partial charge in [0.1, 0.15) is 0 Å². The van der Waals surface area contributed by atoms with Crippen molar-refractivity contribution in [1.29, 1.82) is 0 Å². The molecule has 0 saturated heterocycles. The Bertz CT molecular complexity index is 967. The number of halogens is 1. The van der Waals surface area contributed by atoms with Crippen molar-refractivity contribution in [3.63, 3.8) is 0 Å². The molecule has 0 unspecified atom stereocenters. The Morgan fingerprint density at radius 1 is 0.913 bits per heavy atom. The summed E-state index contributed by atoms with van der Waals surface area (Å²) in [7, 11) is 0. The van der Waals surface area contributed by atoms with Crippen molar-refractivity contribution in [1.82, 2.24) is 24.8 Å². The number of anilines is 2. The zero-order valence-electron chi connectivity index (χ0n) is 11.9. The second-order valence-electron chi connectivity index (χ2n) is 4.85. The topological polar surface area (TPSA) is 68.0 Å². The second-order valence-corrected chi connectivity index (χ2v) is 5.71. The quantitative estimate of drug-likeness (QED) is 0.598. The number of fused-ring (bicyclic) bond motifs is 1. The van der Waals surface area contributed by atoms with E-state index >= 15 is 0 Å². The minimum Gasteiger partial charge on any atom is -0.338 e. The van der Waals surface area contributed by atoms with Crippen LogP contribution in [0.3, 0.4) is 0 Å². The standard InChI is InChI=1S/C16H11BrN6/c17-12-3-1-2-4-13(12)19-14-5-6-15-20-21-16(23(15)22-14)11-7-9-18-10-8-11/h1-10H,(H,19,22). The van der Waals surface area contributed by atoms with E-state index in [9.17, 15) is 0 Å². The molecule has 0 spiro atoms. The molecule has 4 rings (SSSR count). The Balaban J connectivity index is 1.77. The van der Waals surface area contributed by atoms with Crippen molar-refractivity contribution in [3.05, 3.63) is 65.4 Å². The Hall–Kier alpha value is -2.80. The number of pyridine rings is 1. The van der Waals surface area contributed by atoms with Gasteiger partial charge in [0.05, 0.1) is 5.69 Å². The molecule has 0 aliphatic rings. The summed E-state index contributed by atoms with van der Waals surface area (Å²) < 4.78 is 2.69. The smallest absolute Gasteiger partial charge is 0.185 e. The van der Waals surface area contributed by atoms with Gasteiger partial charge in [-0.15, -0.1) is 15.3 Å². The van der Waals surface area contributed by atoms with Crippen LogP contribution >= 0.6 is 15.9 Å². The summed E-state index contributed by atoms with van der Waals surface area (Å²) in [5, 5.41) is 16.2. The van der Waals surface area contributed by atoms with Crippen LogP contribution in [0.5, 0.6) is 0 Å². The van der Waals surface area contributed by atoms with Crippen LogP contribution in [-0.4, -0.2) is 24.8 Å². The van der Waals surface area contributed by atoms with Gasteiger partial charge in [0, 0.05) is 22.4 Å². The van der Waals surface area contributed by atoms with Crippen molar-refractivity contribution in [2.24, 2.45) is 0 Å². The lowest BCUT2D eigenvalue weighted by Crippen LogP contribution is -2.00. The molecule has 0 atom stereocenters. The molecule has 0 radical (unpaired) electrons. The maximum absolute atomic E-state index is 4.59. The number of hydrogen-bond acceptors (Lipinski definition) is 5. The average molecular weight is 367 g/mol. The molecular formula is C16H11BrN6. The molecule has 0 bridgehead atoms. The van der Waals surface area contributed by atoms with Crippen LogP contribution in [0.15, 0.2) is 65.4 Å². The van der Waals surface area contributed by atoms with E-state index < -0.39 is 0 Å². The van der Waals surface area contributed by atoms with E-state index in [-0.39, 0.29) is 0 Å². The minimum atomic E-state index is 0.679. The number of benzene rings is 1. The summed E-state index contributed by atoms with van der Waals surface area (Å²) in [6, 6.07) is 15.4. The SMILES string of the molecule is Brc1ccccc1Nc1ccc2nnc(-c3ccncc3)n2n1. The van der Waals surface area contributed by atoms with Crippen LogP contribution in [-0.2, 0) is 0 Å². The van der Waals surface area contributed by atoms with Crippen LogP contribution in [0, 0.1) is 0 Å². The van der Waals surface area contributed by atoms with Crippen LogP contribution in [0.25, 0.3) is 17.0 Å². The Kier molecular flexibility index (Phi) is 3.47. The minimum absolute atomic E-state index is 0.679. The average Bonchev–Trinajstić information content (AvgIpc) is 3.01. The van der Waals surface area contributed by atoms with Gasteiger partial charge in [-0.25, -0.2) is 0 Å². The van der Waals surface area contributed by atoms with Gasteiger partial charge in [0.25, 0.3) is 0 Å². The first-order valence-corrected chi connectivity index (χ1v) is 7.75. The summed E-state index contributed by atoms with van der Waals surface area (Å²) in [6.07, 6.45) is 3.44. The number of hydrogen-bond donors (Lipinski definition) is 1. The fourth-order valence-electron chi connectivity index (χ4n) is 2.24. The van der Waals surface area contributed by atoms with E-state index in [4.69, 9.17) is 0 Å². The number of nitrogens with zero attached hydrogens (tertiary/aromatic N) is 5. The molecule has 6 nitrogen and oxygen atoms in total. The van der Waals surface area contributed by atoms with Crippen molar-refractivity contribution in [2.45, 2.75) is 0 Å². The molecule has 0 aliphatic carbocycles. The molecule has 0 aliphatic heterocycles. The van der Waals surface area contributed by atoms with Crippen molar-refractivity contribution >= 4 is 33.1 Å². The van der Waals surface area contributed by atoms with Gasteiger partial charge < -0.3 is 5.32 Å². The van der Waals surface area contributed by atoms with Gasteiger partial charge in [-0.2, -0.15) is 4.52 Å². The Morgan fingerprint density at radius 2 is 1.74 bits per heavy atom. The molecule has 4 aromatic rings. The van der Waals surface area contributed by atoms with E-state index in [2.05, 4.69) is 41.5 Å². The summed E-state index contributed by atoms with van der Waals surface area (Å²) in [4.78, 5) is 4.02. The monoisotopic (exact) mass is 366 g/mol. The molecule has 0 fully saturated rings. The zero-order chi connectivity index (χ0) is 15.6. The predicted octanol–water partition coefficient (Wildman–Crippen LogP) is 3.69. The largest absolute Gasteiger partial charge is 0.338 e. The Labute approximate surface area is 140 Å². The van der Waals surface area contributed by atoms with E-state index in [0.29, 0.717) is 17.3 Å². The maximum Gasteiger partial charge on any atom is 0.185 e. The van der Waals surface area contributed by atoms with E-state index in [1.54, 1.807) is 16.9 Å². The van der Waals surface area contributed by atoms with Crippen LogP contribution in [0.2, 0.25) is 0 Å². The molecule has 3 aromatic heterocycles. The van der Waals surface area contributed by atoms with Crippen molar-refractivity contribution in [3.8, 4) is 11.4 Å². The van der Waals surface area contributed by atoms with Gasteiger partial charge in [0.2, 0.25) is 0 Å². The van der Waals surface area contributed by atoms with Gasteiger partial charge >= 0.3 is 0 Å². The molecule has 7 heteroatoms. The molecule has 1 N–H and O–H groups in total. The van der Waals surface area contributed by atoms with E-state index in [0.717, 1.165) is 15.7 Å². The number of nitrogens with one attached hydrogen (secondary N) is 1. The summed E-state index contributed by atoms with van der Waals surface area (Å²) in [6.45, 7) is 0. The first kappa shape index (κ1) is 13.8. The predicted molar refractivity (Wildman–Crippen MR) is 91.4 cm³/mol. The number of aromatic nitrogens is 5. The highest BCUT2D eigenvalue weighted by Crippen LogP contribution is 2.25. The van der Waals surface area contributed by atoms with Gasteiger partial charge in [-0.1, -0.05) is 12.1 Å². The zero-order valence-corrected chi connectivity index (χ0v) is 13.5. The normalized spacial score (nSPS) is 10.8.